The van der Waals surface area contributed by atoms with Gasteiger partial charge in [0.1, 0.15) is 12.7 Å². The minimum Gasteiger partial charge on any atom is -0.463 e. The number of allylic oxidation sites excluding steroid dienone is 8. The van der Waals surface area contributed by atoms with Gasteiger partial charge in [0.25, 0.3) is 0 Å². The van der Waals surface area contributed by atoms with Crippen molar-refractivity contribution >= 4 is 13.8 Å². The van der Waals surface area contributed by atoms with Crippen LogP contribution in [-0.4, -0.2) is 40.2 Å². The molecule has 0 saturated heterocycles. The fraction of sp³-hybridized carbons (Fsp3) is 0.609. The summed E-state index contributed by atoms with van der Waals surface area (Å²) < 4.78 is 19.5. The van der Waals surface area contributed by atoms with Gasteiger partial charge in [-0.3, -0.25) is 9.32 Å². The number of carbonyl (C=O) groups is 1. The third-order valence-electron chi connectivity index (χ3n) is 4.08. The fourth-order valence-electron chi connectivity index (χ4n) is 2.42. The first-order chi connectivity index (χ1) is 14.8. The highest BCUT2D eigenvalue weighted by Gasteiger charge is 2.17. The second-order valence-corrected chi connectivity index (χ2v) is 8.34. The first-order valence-corrected chi connectivity index (χ1v) is 12.5. The molecule has 0 amide bonds. The van der Waals surface area contributed by atoms with Gasteiger partial charge in [-0.15, -0.1) is 0 Å². The van der Waals surface area contributed by atoms with Crippen LogP contribution >= 0.6 is 7.82 Å². The molecule has 8 heteroatoms. The molecule has 0 aliphatic heterocycles. The summed E-state index contributed by atoms with van der Waals surface area (Å²) >= 11 is 0. The van der Waals surface area contributed by atoms with Crippen LogP contribution in [0.3, 0.4) is 0 Å². The Kier molecular flexibility index (Phi) is 19.4. The Morgan fingerprint density at radius 2 is 1.35 bits per heavy atom. The standard InChI is InChI=1S/C23H39O7P/c1-2-3-4-5-6-7-8-9-10-11-12-13-14-15-16-17-18-19-23(25)29-20-22(24)21-30-31(26,27)28/h6-7,9-10,12-13,15-16,22,24H,2-5,8,11,14,17-21H2,1H3,(H2,26,27,28)/b7-6+,10-9+,13-12+,16-15+/t22-/m1/s1. The zero-order valence-electron chi connectivity index (χ0n) is 18.6. The molecular weight excluding hydrogens is 419 g/mol. The summed E-state index contributed by atoms with van der Waals surface area (Å²) in [6, 6.07) is 0. The summed E-state index contributed by atoms with van der Waals surface area (Å²) in [6.45, 7) is 1.26. The summed E-state index contributed by atoms with van der Waals surface area (Å²) in [7, 11) is -4.63. The van der Waals surface area contributed by atoms with Crippen molar-refractivity contribution in [2.24, 2.45) is 0 Å². The van der Waals surface area contributed by atoms with Crippen molar-refractivity contribution in [1.29, 1.82) is 0 Å². The molecule has 0 radical (unpaired) electrons. The van der Waals surface area contributed by atoms with Gasteiger partial charge in [0.15, 0.2) is 0 Å². The summed E-state index contributed by atoms with van der Waals surface area (Å²) in [5.41, 5.74) is 0. The Balaban J connectivity index is 3.60. The van der Waals surface area contributed by atoms with Crippen molar-refractivity contribution in [3.8, 4) is 0 Å². The van der Waals surface area contributed by atoms with Crippen LogP contribution in [0, 0.1) is 0 Å². The van der Waals surface area contributed by atoms with E-state index in [1.165, 1.54) is 25.7 Å². The predicted octanol–water partition coefficient (Wildman–Crippen LogP) is 5.15. The van der Waals surface area contributed by atoms with Crippen LogP contribution in [0.5, 0.6) is 0 Å². The molecule has 7 nitrogen and oxygen atoms in total. The number of ether oxygens (including phenoxy) is 1. The number of phosphoric ester groups is 1. The molecular formula is C23H39O7P. The second kappa shape index (κ2) is 20.4. The summed E-state index contributed by atoms with van der Waals surface area (Å²) in [5.74, 6) is -0.467. The number of aliphatic hydroxyl groups excluding tert-OH is 1. The third kappa shape index (κ3) is 24.6. The molecule has 178 valence electrons. The lowest BCUT2D eigenvalue weighted by Crippen LogP contribution is -2.23. The molecule has 0 aliphatic carbocycles. The van der Waals surface area contributed by atoms with E-state index in [0.29, 0.717) is 6.42 Å². The van der Waals surface area contributed by atoms with Crippen molar-refractivity contribution in [2.45, 2.75) is 77.2 Å². The first kappa shape index (κ1) is 29.5. The Morgan fingerprint density at radius 1 is 0.839 bits per heavy atom. The van der Waals surface area contributed by atoms with Crippen molar-refractivity contribution in [1.82, 2.24) is 0 Å². The molecule has 31 heavy (non-hydrogen) atoms. The SMILES string of the molecule is CCCCC/C=C/C/C=C/C/C=C/C/C=C/CCCC(=O)OC[C@@H](O)COP(=O)(O)O. The molecule has 0 rings (SSSR count). The Morgan fingerprint density at radius 3 is 1.87 bits per heavy atom. The fourth-order valence-corrected chi connectivity index (χ4v) is 2.78. The van der Waals surface area contributed by atoms with Gasteiger partial charge < -0.3 is 19.6 Å². The Hall–Kier alpha value is -1.50. The lowest BCUT2D eigenvalue weighted by molar-refractivity contribution is -0.147. The molecule has 0 aliphatic rings. The summed E-state index contributed by atoms with van der Waals surface area (Å²) in [6.07, 6.45) is 25.2. The monoisotopic (exact) mass is 458 g/mol. The number of phosphoric acid groups is 1. The number of hydrogen-bond donors (Lipinski definition) is 3. The van der Waals surface area contributed by atoms with E-state index in [0.717, 1.165) is 25.7 Å². The van der Waals surface area contributed by atoms with Crippen molar-refractivity contribution < 1.29 is 33.5 Å². The lowest BCUT2D eigenvalue weighted by atomic mass is 10.2. The third-order valence-corrected chi connectivity index (χ3v) is 4.57. The molecule has 0 heterocycles. The molecule has 0 bridgehead atoms. The normalized spacial score (nSPS) is 13.8. The number of aliphatic hydroxyl groups is 1. The maximum atomic E-state index is 11.5. The highest BCUT2D eigenvalue weighted by atomic mass is 31.2. The smallest absolute Gasteiger partial charge is 0.463 e. The molecule has 0 aromatic heterocycles. The van der Waals surface area contributed by atoms with Gasteiger partial charge in [-0.2, -0.15) is 0 Å². The molecule has 0 unspecified atom stereocenters. The number of carbonyl (C=O) groups excluding carboxylic acids is 1. The van der Waals surface area contributed by atoms with E-state index >= 15 is 0 Å². The van der Waals surface area contributed by atoms with Crippen LogP contribution in [-0.2, 0) is 18.6 Å². The number of hydrogen-bond acceptors (Lipinski definition) is 5. The molecule has 0 fully saturated rings. The molecule has 3 N–H and O–H groups in total. The van der Waals surface area contributed by atoms with E-state index in [-0.39, 0.29) is 13.0 Å². The van der Waals surface area contributed by atoms with E-state index in [1.54, 1.807) is 0 Å². The zero-order chi connectivity index (χ0) is 23.2. The van der Waals surface area contributed by atoms with Gasteiger partial charge in [0, 0.05) is 6.42 Å². The summed E-state index contributed by atoms with van der Waals surface area (Å²) in [5, 5.41) is 9.41. The van der Waals surface area contributed by atoms with Gasteiger partial charge in [-0.1, -0.05) is 68.4 Å². The largest absolute Gasteiger partial charge is 0.469 e. The molecule has 1 atom stereocenters. The highest BCUT2D eigenvalue weighted by Crippen LogP contribution is 2.35. The predicted molar refractivity (Wildman–Crippen MR) is 123 cm³/mol. The average Bonchev–Trinajstić information content (AvgIpc) is 2.72. The second-order valence-electron chi connectivity index (χ2n) is 7.10. The minimum absolute atomic E-state index is 0.212. The van der Waals surface area contributed by atoms with Gasteiger partial charge >= 0.3 is 13.8 Å². The van der Waals surface area contributed by atoms with Crippen LogP contribution in [0.1, 0.15) is 71.1 Å². The van der Waals surface area contributed by atoms with E-state index < -0.39 is 26.5 Å². The van der Waals surface area contributed by atoms with Crippen LogP contribution < -0.4 is 0 Å². The van der Waals surface area contributed by atoms with Crippen LogP contribution in [0.2, 0.25) is 0 Å². The number of esters is 1. The van der Waals surface area contributed by atoms with Crippen LogP contribution in [0.15, 0.2) is 48.6 Å². The topological polar surface area (TPSA) is 113 Å². The minimum atomic E-state index is -4.63. The zero-order valence-corrected chi connectivity index (χ0v) is 19.5. The van der Waals surface area contributed by atoms with Crippen molar-refractivity contribution in [3.05, 3.63) is 48.6 Å². The first-order valence-electron chi connectivity index (χ1n) is 11.0. The van der Waals surface area contributed by atoms with E-state index in [4.69, 9.17) is 14.5 Å². The van der Waals surface area contributed by atoms with Crippen molar-refractivity contribution in [2.75, 3.05) is 13.2 Å². The highest BCUT2D eigenvalue weighted by molar-refractivity contribution is 7.46. The molecule has 0 saturated carbocycles. The lowest BCUT2D eigenvalue weighted by Gasteiger charge is -2.12. The van der Waals surface area contributed by atoms with Gasteiger partial charge in [0.2, 0.25) is 0 Å². The van der Waals surface area contributed by atoms with E-state index in [1.807, 2.05) is 12.2 Å². The molecule has 0 aromatic carbocycles. The molecule has 0 aromatic rings. The average molecular weight is 459 g/mol. The van der Waals surface area contributed by atoms with E-state index in [9.17, 15) is 14.5 Å². The van der Waals surface area contributed by atoms with Gasteiger partial charge in [0.05, 0.1) is 6.61 Å². The quantitative estimate of drug-likeness (QED) is 0.106. The van der Waals surface area contributed by atoms with E-state index in [2.05, 4.69) is 47.9 Å². The van der Waals surface area contributed by atoms with Crippen LogP contribution in [0.4, 0.5) is 0 Å². The maximum Gasteiger partial charge on any atom is 0.469 e. The number of rotatable bonds is 19. The van der Waals surface area contributed by atoms with Gasteiger partial charge in [-0.05, 0) is 44.9 Å². The summed E-state index contributed by atoms with van der Waals surface area (Å²) in [4.78, 5) is 28.6. The Bertz CT molecular complexity index is 605. The van der Waals surface area contributed by atoms with Crippen LogP contribution in [0.25, 0.3) is 0 Å². The van der Waals surface area contributed by atoms with Gasteiger partial charge in [-0.25, -0.2) is 4.57 Å². The Labute approximate surface area is 186 Å². The van der Waals surface area contributed by atoms with Crippen molar-refractivity contribution in [3.63, 3.8) is 0 Å². The number of unbranched alkanes of at least 4 members (excludes halogenated alkanes) is 4. The molecule has 0 spiro atoms. The maximum absolute atomic E-state index is 11.5.